The number of hydrogen-bond donors (Lipinski definition) is 2. The molecular weight excluding hydrogens is 792 g/mol. The van der Waals surface area contributed by atoms with Crippen LogP contribution in [0.4, 0.5) is 0 Å². The van der Waals surface area contributed by atoms with E-state index in [0.717, 1.165) is 0 Å². The Morgan fingerprint density at radius 3 is 1.98 bits per heavy atom. The Kier molecular flexibility index (Phi) is 28.4. The lowest BCUT2D eigenvalue weighted by molar-refractivity contribution is -0.165. The average molecular weight is 865 g/mol. The number of rotatable bonds is 21. The van der Waals surface area contributed by atoms with Crippen LogP contribution in [0.5, 0.6) is 0 Å². The molecule has 4 radical (unpaired) electrons. The monoisotopic (exact) mass is 864 g/mol. The van der Waals surface area contributed by atoms with Crippen LogP contribution in [0, 0.1) is 11.3 Å². The van der Waals surface area contributed by atoms with Crippen molar-refractivity contribution >= 4 is 65.9 Å². The number of carbonyl (C=O) groups excluding carboxylic acids is 2. The molecule has 0 saturated carbocycles. The van der Waals surface area contributed by atoms with E-state index in [0.29, 0.717) is 5.94 Å². The van der Waals surface area contributed by atoms with Crippen LogP contribution in [0.15, 0.2) is 0 Å². The summed E-state index contributed by atoms with van der Waals surface area (Å²) in [6.45, 7) is 17.6. The molecule has 0 aromatic carbocycles. The summed E-state index contributed by atoms with van der Waals surface area (Å²) in [5.41, 5.74) is 0. The van der Waals surface area contributed by atoms with E-state index < -0.39 is 53.2 Å². The predicted molar refractivity (Wildman–Crippen MR) is 222 cm³/mol. The van der Waals surface area contributed by atoms with Crippen molar-refractivity contribution in [3.05, 3.63) is 0 Å². The first-order valence-corrected chi connectivity index (χ1v) is 22.6. The Hall–Kier alpha value is -0.120. The van der Waals surface area contributed by atoms with E-state index in [-0.39, 0.29) is 87.4 Å². The van der Waals surface area contributed by atoms with E-state index in [1.54, 1.807) is 28.7 Å². The van der Waals surface area contributed by atoms with Crippen molar-refractivity contribution in [3.8, 4) is 6.07 Å². The number of aliphatic hydroxyl groups excluding tert-OH is 2. The molecule has 2 aliphatic rings. The summed E-state index contributed by atoms with van der Waals surface area (Å²) in [5.74, 6) is -0.163. The fourth-order valence-corrected chi connectivity index (χ4v) is 9.03. The molecule has 2 fully saturated rings. The summed E-state index contributed by atoms with van der Waals surface area (Å²) in [4.78, 5) is 22.7. The number of esters is 1. The fraction of sp³-hybridized carbons (Fsp3) is 0.912. The van der Waals surface area contributed by atoms with Crippen molar-refractivity contribution in [2.75, 3.05) is 47.3 Å². The van der Waals surface area contributed by atoms with Gasteiger partial charge in [0, 0.05) is 66.0 Å². The van der Waals surface area contributed by atoms with Crippen LogP contribution in [0.3, 0.4) is 0 Å². The molecule has 55 heavy (non-hydrogen) atoms. The van der Waals surface area contributed by atoms with Crippen LogP contribution in [0.1, 0.15) is 91.2 Å². The van der Waals surface area contributed by atoms with Crippen molar-refractivity contribution < 1.29 is 64.3 Å². The molecule has 2 saturated heterocycles. The van der Waals surface area contributed by atoms with Gasteiger partial charge >= 0.3 is 5.97 Å². The molecule has 0 bridgehead atoms. The lowest BCUT2D eigenvalue weighted by Crippen LogP contribution is -2.40. The SMILES string of the molecule is [2H]C[C@H]1O[C@@H]([B])C(OCOC(=O)CCC(C)=O)[C@H]1OP(OCCC#N)N(C(C)C)C(C)C.[2H]C[C@H]1O[C@@H]([B])C(OCSSC(C)(C)C)[C@H]1OP(C)OC.[3H]OC.[3H]OC. The van der Waals surface area contributed by atoms with Gasteiger partial charge in [-0.1, -0.05) is 42.4 Å². The molecule has 2 rings (SSSR count). The van der Waals surface area contributed by atoms with Crippen LogP contribution in [-0.2, 0) is 51.4 Å². The normalized spacial score (nSPS) is 26.8. The van der Waals surface area contributed by atoms with Gasteiger partial charge < -0.3 is 56.8 Å². The Balaban J connectivity index is 0. The number of aliphatic hydroxyl groups is 2. The summed E-state index contributed by atoms with van der Waals surface area (Å²) in [7, 11) is 17.0. The zero-order chi connectivity index (χ0) is 45.7. The van der Waals surface area contributed by atoms with Crippen LogP contribution < -0.4 is 0 Å². The van der Waals surface area contributed by atoms with Crippen LogP contribution in [-0.4, -0.2) is 158 Å². The van der Waals surface area contributed by atoms with Crippen molar-refractivity contribution in [2.24, 2.45) is 0 Å². The number of ether oxygens (including phenoxy) is 5. The minimum absolute atomic E-state index is 0.0308. The minimum Gasteiger partial charge on any atom is -0.438 e. The first-order valence-electron chi connectivity index (χ1n) is 19.7. The number of carbonyl (C=O) groups is 2. The number of Topliss-reactive ketones (excluding diaryl/α,β-unsaturated/α-hetero) is 1. The van der Waals surface area contributed by atoms with Gasteiger partial charge in [-0.3, -0.25) is 4.79 Å². The van der Waals surface area contributed by atoms with Crippen LogP contribution in [0.25, 0.3) is 0 Å². The first kappa shape index (κ1) is 49.2. The highest BCUT2D eigenvalue weighted by molar-refractivity contribution is 8.77. The van der Waals surface area contributed by atoms with Crippen LogP contribution in [0.2, 0.25) is 0 Å². The van der Waals surface area contributed by atoms with Gasteiger partial charge in [-0.2, -0.15) is 5.26 Å². The third-order valence-electron chi connectivity index (χ3n) is 6.87. The second-order valence-corrected chi connectivity index (χ2v) is 19.0. The van der Waals surface area contributed by atoms with Gasteiger partial charge in [0.25, 0.3) is 8.53 Å². The van der Waals surface area contributed by atoms with E-state index >= 15 is 0 Å². The number of ketones is 1. The highest BCUT2D eigenvalue weighted by Gasteiger charge is 2.45. The second-order valence-electron chi connectivity index (χ2n) is 13.1. The molecule has 21 heteroatoms. The molecule has 2 aliphatic heterocycles. The predicted octanol–water partition coefficient (Wildman–Crippen LogP) is 5.43. The van der Waals surface area contributed by atoms with Gasteiger partial charge in [0.1, 0.15) is 51.8 Å². The van der Waals surface area contributed by atoms with Gasteiger partial charge in [-0.05, 0) is 48.4 Å². The summed E-state index contributed by atoms with van der Waals surface area (Å²) in [5, 5.41) is 15.9. The molecule has 2 heterocycles. The quantitative estimate of drug-likeness (QED) is 0.0372. The van der Waals surface area contributed by atoms with Gasteiger partial charge in [0.15, 0.2) is 15.2 Å². The molecule has 0 aromatic heterocycles. The Morgan fingerprint density at radius 1 is 1.00 bits per heavy atom. The van der Waals surface area contributed by atoms with E-state index in [1.165, 1.54) is 21.1 Å². The fourth-order valence-electron chi connectivity index (χ4n) is 4.59. The number of nitrogens with zero attached hydrogens (tertiary/aromatic N) is 2. The zero-order valence-corrected chi connectivity index (χ0v) is 37.9. The Morgan fingerprint density at radius 2 is 1.53 bits per heavy atom. The number of nitriles is 1. The van der Waals surface area contributed by atoms with Crippen molar-refractivity contribution in [2.45, 2.75) is 154 Å². The molecule has 0 aromatic rings. The Labute approximate surface area is 349 Å². The molecule has 4 unspecified atom stereocenters. The second kappa shape index (κ2) is 31.8. The lowest BCUT2D eigenvalue weighted by Gasteiger charge is -2.38. The molecule has 15 nitrogen and oxygen atoms in total. The molecule has 0 aliphatic carbocycles. The summed E-state index contributed by atoms with van der Waals surface area (Å²) in [6.07, 6.45) is -2.99. The Bertz CT molecular complexity index is 1140. The van der Waals surface area contributed by atoms with E-state index in [2.05, 4.69) is 35.7 Å². The maximum Gasteiger partial charge on any atom is 0.308 e. The van der Waals surface area contributed by atoms with Gasteiger partial charge in [-0.15, -0.1) is 0 Å². The molecule has 0 amide bonds. The maximum atomic E-state index is 11.7. The standard InChI is InChI=1S/C20H34BN2O7P.C12H24BO4PS2.2CH4O/c1-13(2)23(14(3)4)31(28-11-7-10-22)30-18-16(6)29-20(21)19(18)27-12-26-17(25)9-8-15(5)24;1-8-9(17-18(6)14-5)10(11(13)16-8)15-7-19-20-12(2,3)4;2*1-2/h13-14,16,18-20H,7-9,11-12H2,1-6H3;8-11H,7H2,1-6H3;2*2H,1H3/t16-,18+,19?,20-,31?;8-,9+,10?,11-,18?;;/m11../s1/i6D;1D;2*2T. The van der Waals surface area contributed by atoms with Crippen molar-refractivity contribution in [1.29, 1.82) is 8.12 Å². The zero-order valence-electron chi connectivity index (χ0n) is 38.5. The molecule has 2 N–H and O–H groups in total. The maximum absolute atomic E-state index is 11.7. The van der Waals surface area contributed by atoms with Gasteiger partial charge in [-0.25, -0.2) is 4.67 Å². The van der Waals surface area contributed by atoms with Crippen molar-refractivity contribution in [1.82, 2.24) is 4.67 Å². The topological polar surface area (TPSA) is 185 Å². The highest BCUT2D eigenvalue weighted by Crippen LogP contribution is 2.49. The molecule has 318 valence electrons. The van der Waals surface area contributed by atoms with E-state index in [9.17, 15) is 9.59 Å². The third kappa shape index (κ3) is 23.9. The summed E-state index contributed by atoms with van der Waals surface area (Å²) in [6, 6.07) is 0.789. The highest BCUT2D eigenvalue weighted by atomic mass is 33.1. The van der Waals surface area contributed by atoms with Crippen molar-refractivity contribution in [3.63, 3.8) is 0 Å². The minimum atomic E-state index is -1.61. The van der Waals surface area contributed by atoms with E-state index in [1.807, 2.05) is 40.4 Å². The van der Waals surface area contributed by atoms with Gasteiger partial charge in [0.2, 0.25) is 2.86 Å². The average Bonchev–Trinajstić information content (AvgIpc) is 3.62. The van der Waals surface area contributed by atoms with Gasteiger partial charge in [0.05, 0.1) is 37.7 Å². The summed E-state index contributed by atoms with van der Waals surface area (Å²) >= 11 is 0. The molecule has 0 spiro atoms. The molecular formula is C34H66B2N2O13P2S2. The lowest BCUT2D eigenvalue weighted by atomic mass is 9.93. The first-order chi connectivity index (χ1) is 27.7. The third-order valence-corrected chi connectivity index (χ3v) is 13.0. The number of hydrogen-bond acceptors (Lipinski definition) is 17. The van der Waals surface area contributed by atoms with E-state index in [4.69, 9.17) is 68.3 Å². The summed E-state index contributed by atoms with van der Waals surface area (Å²) < 4.78 is 79.9. The smallest absolute Gasteiger partial charge is 0.308 e. The van der Waals surface area contributed by atoms with Crippen LogP contribution >= 0.6 is 38.5 Å². The molecule has 10 atom stereocenters. The largest absolute Gasteiger partial charge is 0.438 e.